The Bertz CT molecular complexity index is 447. The summed E-state index contributed by atoms with van der Waals surface area (Å²) in [5.74, 6) is 0.800. The molecule has 0 saturated carbocycles. The van der Waals surface area contributed by atoms with Gasteiger partial charge in [0.1, 0.15) is 17.3 Å². The summed E-state index contributed by atoms with van der Waals surface area (Å²) in [4.78, 5) is 16.5. The molecular weight excluding hydrogens is 250 g/mol. The van der Waals surface area contributed by atoms with Gasteiger partial charge >= 0.3 is 0 Å². The van der Waals surface area contributed by atoms with Gasteiger partial charge in [0.15, 0.2) is 0 Å². The van der Waals surface area contributed by atoms with Crippen LogP contribution in [0, 0.1) is 11.3 Å². The summed E-state index contributed by atoms with van der Waals surface area (Å²) >= 11 is 1.71. The van der Waals surface area contributed by atoms with Gasteiger partial charge in [0.05, 0.1) is 18.0 Å². The highest BCUT2D eigenvalue weighted by atomic mass is 32.2. The van der Waals surface area contributed by atoms with Gasteiger partial charge in [-0.3, -0.25) is 9.69 Å². The zero-order valence-corrected chi connectivity index (χ0v) is 11.7. The van der Waals surface area contributed by atoms with E-state index >= 15 is 0 Å². The number of fused-ring (bicyclic) bond motifs is 1. The molecule has 3 atom stereocenters. The molecule has 0 radical (unpaired) electrons. The Morgan fingerprint density at radius 2 is 2.28 bits per heavy atom. The van der Waals surface area contributed by atoms with Gasteiger partial charge in [-0.05, 0) is 20.9 Å². The molecule has 0 N–H and O–H groups in total. The van der Waals surface area contributed by atoms with E-state index in [0.29, 0.717) is 6.61 Å². The number of amides is 1. The summed E-state index contributed by atoms with van der Waals surface area (Å²) in [7, 11) is 1.94. The summed E-state index contributed by atoms with van der Waals surface area (Å²) in [5, 5.41) is 9.27. The predicted molar refractivity (Wildman–Crippen MR) is 67.6 cm³/mol. The fraction of sp³-hybridized carbons (Fsp3) is 0.833. The number of thioether (sulfide) groups is 1. The summed E-state index contributed by atoms with van der Waals surface area (Å²) < 4.78 is 5.78. The molecule has 0 aromatic heterocycles. The molecule has 0 aromatic rings. The Morgan fingerprint density at radius 1 is 1.56 bits per heavy atom. The second-order valence-electron chi connectivity index (χ2n) is 5.68. The van der Waals surface area contributed by atoms with Crippen molar-refractivity contribution in [1.82, 2.24) is 9.80 Å². The lowest BCUT2D eigenvalue weighted by molar-refractivity contribution is -0.138. The Morgan fingerprint density at radius 3 is 2.83 bits per heavy atom. The van der Waals surface area contributed by atoms with Gasteiger partial charge in [0, 0.05) is 12.2 Å². The van der Waals surface area contributed by atoms with Crippen LogP contribution in [0.5, 0.6) is 0 Å². The molecule has 0 aromatic carbocycles. The number of nitriles is 1. The van der Waals surface area contributed by atoms with E-state index in [1.807, 2.05) is 25.8 Å². The van der Waals surface area contributed by atoms with E-state index in [2.05, 4.69) is 6.07 Å². The lowest BCUT2D eigenvalue weighted by atomic mass is 9.96. The minimum absolute atomic E-state index is 0.0668. The average molecular weight is 267 g/mol. The number of carbonyl (C=O) groups excluding carboxylic acids is 1. The summed E-state index contributed by atoms with van der Waals surface area (Å²) in [6.45, 7) is 4.39. The number of ether oxygens (including phenoxy) is 1. The van der Waals surface area contributed by atoms with Crippen LogP contribution in [0.4, 0.5) is 0 Å². The molecule has 5 nitrogen and oxygen atoms in total. The molecule has 6 heteroatoms. The SMILES string of the molecule is CN1C(C)(C)OCC12CC1SCC(C#N)N1C2=O. The summed E-state index contributed by atoms with van der Waals surface area (Å²) in [5.41, 5.74) is -0.973. The molecule has 3 unspecified atom stereocenters. The first-order valence-corrected chi connectivity index (χ1v) is 7.19. The fourth-order valence-corrected chi connectivity index (χ4v) is 4.55. The number of carbonyl (C=O) groups is 1. The first kappa shape index (κ1) is 12.3. The number of hydrogen-bond donors (Lipinski definition) is 0. The van der Waals surface area contributed by atoms with E-state index in [1.54, 1.807) is 16.7 Å². The zero-order chi connectivity index (χ0) is 13.1. The van der Waals surface area contributed by atoms with Gasteiger partial charge in [0.25, 0.3) is 0 Å². The standard InChI is InChI=1S/C12H17N3O2S/c1-11(2)14(3)12(7-17-11)4-9-15(10(12)16)8(5-13)6-18-9/h8-9H,4,6-7H2,1-3H3. The third-order valence-corrected chi connectivity index (χ3v) is 5.79. The van der Waals surface area contributed by atoms with Crippen molar-refractivity contribution in [2.24, 2.45) is 0 Å². The number of hydrogen-bond acceptors (Lipinski definition) is 5. The van der Waals surface area contributed by atoms with Gasteiger partial charge in [0.2, 0.25) is 5.91 Å². The third kappa shape index (κ3) is 1.33. The molecule has 3 aliphatic rings. The molecule has 3 heterocycles. The Labute approximate surface area is 111 Å². The largest absolute Gasteiger partial charge is 0.359 e. The van der Waals surface area contributed by atoms with E-state index in [4.69, 9.17) is 10.00 Å². The normalized spacial score (nSPS) is 42.6. The quantitative estimate of drug-likeness (QED) is 0.644. The first-order valence-electron chi connectivity index (χ1n) is 6.14. The van der Waals surface area contributed by atoms with Crippen LogP contribution in [0.3, 0.4) is 0 Å². The zero-order valence-electron chi connectivity index (χ0n) is 10.8. The van der Waals surface area contributed by atoms with Crippen molar-refractivity contribution in [3.05, 3.63) is 0 Å². The molecule has 98 valence electrons. The van der Waals surface area contributed by atoms with Crippen molar-refractivity contribution >= 4 is 17.7 Å². The molecule has 3 fully saturated rings. The van der Waals surface area contributed by atoms with Crippen LogP contribution in [0.15, 0.2) is 0 Å². The molecule has 0 bridgehead atoms. The van der Waals surface area contributed by atoms with E-state index < -0.39 is 11.3 Å². The van der Waals surface area contributed by atoms with Crippen LogP contribution in [-0.4, -0.2) is 57.8 Å². The predicted octanol–water partition coefficient (Wildman–Crippen LogP) is 0.621. The maximum Gasteiger partial charge on any atom is 0.247 e. The molecule has 3 saturated heterocycles. The van der Waals surface area contributed by atoms with Gasteiger partial charge in [-0.2, -0.15) is 5.26 Å². The van der Waals surface area contributed by atoms with Crippen molar-refractivity contribution in [1.29, 1.82) is 5.26 Å². The Hall–Kier alpha value is -0.770. The van der Waals surface area contributed by atoms with Crippen molar-refractivity contribution in [3.8, 4) is 6.07 Å². The molecule has 1 amide bonds. The van der Waals surface area contributed by atoms with Crippen LogP contribution in [0.1, 0.15) is 20.3 Å². The van der Waals surface area contributed by atoms with Crippen molar-refractivity contribution < 1.29 is 9.53 Å². The lowest BCUT2D eigenvalue weighted by Crippen LogP contribution is -2.55. The van der Waals surface area contributed by atoms with E-state index in [-0.39, 0.29) is 17.3 Å². The molecule has 18 heavy (non-hydrogen) atoms. The van der Waals surface area contributed by atoms with Crippen molar-refractivity contribution in [2.45, 2.75) is 42.9 Å². The molecular formula is C12H17N3O2S. The van der Waals surface area contributed by atoms with E-state index in [0.717, 1.165) is 12.2 Å². The van der Waals surface area contributed by atoms with E-state index in [9.17, 15) is 4.79 Å². The highest BCUT2D eigenvalue weighted by Gasteiger charge is 2.64. The highest BCUT2D eigenvalue weighted by Crippen LogP contribution is 2.48. The Balaban J connectivity index is 1.95. The molecule has 3 aliphatic heterocycles. The highest BCUT2D eigenvalue weighted by molar-refractivity contribution is 8.00. The third-order valence-electron chi connectivity index (χ3n) is 4.50. The first-order chi connectivity index (χ1) is 8.42. The molecule has 1 spiro atoms. The van der Waals surface area contributed by atoms with Crippen molar-refractivity contribution in [3.63, 3.8) is 0 Å². The number of nitrogens with zero attached hydrogens (tertiary/aromatic N) is 3. The fourth-order valence-electron chi connectivity index (χ4n) is 3.12. The number of likely N-dealkylation sites (N-methyl/N-ethyl adjacent to an activating group) is 1. The average Bonchev–Trinajstić information content (AvgIpc) is 2.91. The molecule has 0 aliphatic carbocycles. The van der Waals surface area contributed by atoms with Crippen LogP contribution in [-0.2, 0) is 9.53 Å². The maximum atomic E-state index is 12.7. The van der Waals surface area contributed by atoms with Gasteiger partial charge < -0.3 is 9.64 Å². The van der Waals surface area contributed by atoms with Gasteiger partial charge in [-0.15, -0.1) is 11.8 Å². The minimum Gasteiger partial charge on any atom is -0.359 e. The van der Waals surface area contributed by atoms with Crippen LogP contribution in [0.25, 0.3) is 0 Å². The maximum absolute atomic E-state index is 12.7. The minimum atomic E-state index is -0.559. The van der Waals surface area contributed by atoms with Gasteiger partial charge in [-0.25, -0.2) is 0 Å². The van der Waals surface area contributed by atoms with E-state index in [1.165, 1.54) is 0 Å². The second kappa shape index (κ2) is 3.62. The van der Waals surface area contributed by atoms with Crippen LogP contribution < -0.4 is 0 Å². The van der Waals surface area contributed by atoms with Crippen LogP contribution in [0.2, 0.25) is 0 Å². The number of rotatable bonds is 0. The topological polar surface area (TPSA) is 56.6 Å². The van der Waals surface area contributed by atoms with Crippen molar-refractivity contribution in [2.75, 3.05) is 19.4 Å². The smallest absolute Gasteiger partial charge is 0.247 e. The van der Waals surface area contributed by atoms with Crippen LogP contribution >= 0.6 is 11.8 Å². The van der Waals surface area contributed by atoms with Gasteiger partial charge in [-0.1, -0.05) is 0 Å². The second-order valence-corrected chi connectivity index (χ2v) is 6.89. The summed E-state index contributed by atoms with van der Waals surface area (Å²) in [6, 6.07) is 1.96. The lowest BCUT2D eigenvalue weighted by Gasteiger charge is -2.35. The monoisotopic (exact) mass is 267 g/mol. The molecule has 3 rings (SSSR count). The summed E-state index contributed by atoms with van der Waals surface area (Å²) in [6.07, 6.45) is 0.759. The Kier molecular flexibility index (Phi) is 2.47.